The molecule has 1 unspecified atom stereocenters. The van der Waals surface area contributed by atoms with Crippen LogP contribution >= 0.6 is 0 Å². The zero-order valence-electron chi connectivity index (χ0n) is 15.4. The van der Waals surface area contributed by atoms with E-state index in [0.717, 1.165) is 28.9 Å². The fraction of sp³-hybridized carbons (Fsp3) is 0.500. The summed E-state index contributed by atoms with van der Waals surface area (Å²) in [6.07, 6.45) is 0.758. The zero-order valence-corrected chi connectivity index (χ0v) is 16.2. The lowest BCUT2D eigenvalue weighted by Crippen LogP contribution is -2.30. The molecule has 1 aromatic heterocycles. The van der Waals surface area contributed by atoms with Crippen molar-refractivity contribution >= 4 is 10.0 Å². The molecule has 0 amide bonds. The van der Waals surface area contributed by atoms with Gasteiger partial charge in [0.05, 0.1) is 18.8 Å². The molecule has 0 aliphatic carbocycles. The van der Waals surface area contributed by atoms with E-state index < -0.39 is 10.0 Å². The number of ether oxygens (including phenoxy) is 1. The Labute approximate surface area is 149 Å². The number of benzene rings is 1. The summed E-state index contributed by atoms with van der Waals surface area (Å²) >= 11 is 0. The topological polar surface area (TPSA) is 64.4 Å². The van der Waals surface area contributed by atoms with Crippen molar-refractivity contribution in [1.29, 1.82) is 0 Å². The van der Waals surface area contributed by atoms with Crippen molar-refractivity contribution in [3.05, 3.63) is 40.7 Å². The van der Waals surface area contributed by atoms with Gasteiger partial charge in [-0.05, 0) is 63.4 Å². The molecular weight excluding hydrogens is 338 g/mol. The Kier molecular flexibility index (Phi) is 4.64. The van der Waals surface area contributed by atoms with Crippen molar-refractivity contribution in [2.24, 2.45) is 0 Å². The molecule has 0 saturated carbocycles. The van der Waals surface area contributed by atoms with Crippen LogP contribution < -0.4 is 4.74 Å². The number of aryl methyl sites for hydroxylation is 4. The average molecular weight is 363 g/mol. The number of nitrogens with zero attached hydrogens (tertiary/aromatic N) is 3. The van der Waals surface area contributed by atoms with Crippen LogP contribution in [0, 0.1) is 27.7 Å². The summed E-state index contributed by atoms with van der Waals surface area (Å²) in [4.78, 5) is 0.243. The third-order valence-corrected chi connectivity index (χ3v) is 6.80. The number of rotatable bonds is 4. The van der Waals surface area contributed by atoms with Gasteiger partial charge in [-0.1, -0.05) is 0 Å². The first-order valence-electron chi connectivity index (χ1n) is 8.42. The van der Waals surface area contributed by atoms with Crippen molar-refractivity contribution in [1.82, 2.24) is 14.1 Å². The minimum atomic E-state index is -3.60. The summed E-state index contributed by atoms with van der Waals surface area (Å²) in [6, 6.07) is 5.58. The highest BCUT2D eigenvalue weighted by Gasteiger charge is 2.36. The molecule has 3 rings (SSSR count). The molecular formula is C18H25N3O3S. The SMILES string of the molecule is COc1cc(C)c(C)cc1S(=O)(=O)N1CCC(n2nc(C)cc2C)C1. The first-order chi connectivity index (χ1) is 11.7. The molecule has 2 aromatic rings. The largest absolute Gasteiger partial charge is 0.495 e. The second-order valence-corrected chi connectivity index (χ2v) is 8.67. The molecule has 1 aromatic carbocycles. The maximum Gasteiger partial charge on any atom is 0.246 e. The molecule has 136 valence electrons. The Morgan fingerprint density at radius 2 is 1.80 bits per heavy atom. The standard InChI is InChI=1S/C18H25N3O3S/c1-12-8-17(24-5)18(9-13(12)2)25(22,23)20-7-6-16(11-20)21-15(4)10-14(3)19-21/h8-10,16H,6-7,11H2,1-5H3. The van der Waals surface area contributed by atoms with Gasteiger partial charge in [0.1, 0.15) is 10.6 Å². The molecule has 2 heterocycles. The molecule has 1 aliphatic rings. The highest BCUT2D eigenvalue weighted by atomic mass is 32.2. The van der Waals surface area contributed by atoms with E-state index in [1.165, 1.54) is 7.11 Å². The Balaban J connectivity index is 1.92. The van der Waals surface area contributed by atoms with E-state index in [1.54, 1.807) is 16.4 Å². The van der Waals surface area contributed by atoms with Crippen LogP contribution in [0.25, 0.3) is 0 Å². The minimum absolute atomic E-state index is 0.0704. The third-order valence-electron chi connectivity index (χ3n) is 4.91. The first-order valence-corrected chi connectivity index (χ1v) is 9.86. The van der Waals surface area contributed by atoms with Crippen LogP contribution in [0.5, 0.6) is 5.75 Å². The van der Waals surface area contributed by atoms with E-state index in [-0.39, 0.29) is 10.9 Å². The Morgan fingerprint density at radius 3 is 2.40 bits per heavy atom. The molecule has 1 saturated heterocycles. The molecule has 6 nitrogen and oxygen atoms in total. The zero-order chi connectivity index (χ0) is 18.4. The summed E-state index contributed by atoms with van der Waals surface area (Å²) in [5.41, 5.74) is 3.96. The lowest BCUT2D eigenvalue weighted by molar-refractivity contribution is 0.395. The van der Waals surface area contributed by atoms with Crippen LogP contribution in [0.3, 0.4) is 0 Å². The van der Waals surface area contributed by atoms with Gasteiger partial charge in [-0.25, -0.2) is 8.42 Å². The van der Waals surface area contributed by atoms with E-state index in [4.69, 9.17) is 4.74 Å². The summed E-state index contributed by atoms with van der Waals surface area (Å²) in [6.45, 7) is 8.73. The van der Waals surface area contributed by atoms with Gasteiger partial charge in [-0.15, -0.1) is 0 Å². The van der Waals surface area contributed by atoms with Crippen LogP contribution in [0.4, 0.5) is 0 Å². The first kappa shape index (κ1) is 17.9. The minimum Gasteiger partial charge on any atom is -0.495 e. The highest BCUT2D eigenvalue weighted by Crippen LogP contribution is 2.33. The van der Waals surface area contributed by atoms with Crippen molar-refractivity contribution in [3.8, 4) is 5.75 Å². The summed E-state index contributed by atoms with van der Waals surface area (Å²) in [5, 5.41) is 4.51. The Hall–Kier alpha value is -1.86. The lowest BCUT2D eigenvalue weighted by Gasteiger charge is -2.20. The number of methoxy groups -OCH3 is 1. The van der Waals surface area contributed by atoms with Gasteiger partial charge in [0.25, 0.3) is 0 Å². The van der Waals surface area contributed by atoms with Crippen LogP contribution in [-0.2, 0) is 10.0 Å². The second-order valence-electron chi connectivity index (χ2n) is 6.76. The summed E-state index contributed by atoms with van der Waals surface area (Å²) in [7, 11) is -2.09. The van der Waals surface area contributed by atoms with Gasteiger partial charge in [-0.2, -0.15) is 9.40 Å². The Morgan fingerprint density at radius 1 is 1.12 bits per heavy atom. The third kappa shape index (κ3) is 3.18. The van der Waals surface area contributed by atoms with Crippen LogP contribution in [0.1, 0.15) is 35.0 Å². The van der Waals surface area contributed by atoms with Gasteiger partial charge in [0, 0.05) is 18.8 Å². The molecule has 0 spiro atoms. The molecule has 0 radical (unpaired) electrons. The van der Waals surface area contributed by atoms with E-state index in [1.807, 2.05) is 38.4 Å². The van der Waals surface area contributed by atoms with Gasteiger partial charge in [0.15, 0.2) is 0 Å². The fourth-order valence-electron chi connectivity index (χ4n) is 3.41. The van der Waals surface area contributed by atoms with Gasteiger partial charge in [0.2, 0.25) is 10.0 Å². The molecule has 25 heavy (non-hydrogen) atoms. The predicted molar refractivity (Wildman–Crippen MR) is 96.6 cm³/mol. The molecule has 1 aliphatic heterocycles. The maximum atomic E-state index is 13.2. The monoisotopic (exact) mass is 363 g/mol. The van der Waals surface area contributed by atoms with Crippen molar-refractivity contribution in [2.75, 3.05) is 20.2 Å². The normalized spacial score (nSPS) is 18.7. The van der Waals surface area contributed by atoms with Gasteiger partial charge >= 0.3 is 0 Å². The lowest BCUT2D eigenvalue weighted by atomic mass is 10.1. The number of sulfonamides is 1. The molecule has 7 heteroatoms. The summed E-state index contributed by atoms with van der Waals surface area (Å²) < 4.78 is 35.1. The number of hydrogen-bond acceptors (Lipinski definition) is 4. The average Bonchev–Trinajstić information content (AvgIpc) is 3.16. The van der Waals surface area contributed by atoms with Crippen molar-refractivity contribution in [2.45, 2.75) is 45.1 Å². The summed E-state index contributed by atoms with van der Waals surface area (Å²) in [5.74, 6) is 0.401. The van der Waals surface area contributed by atoms with Crippen LogP contribution in [-0.4, -0.2) is 42.7 Å². The van der Waals surface area contributed by atoms with Gasteiger partial charge in [-0.3, -0.25) is 4.68 Å². The number of hydrogen-bond donors (Lipinski definition) is 0. The molecule has 1 atom stereocenters. The molecule has 0 bridgehead atoms. The van der Waals surface area contributed by atoms with E-state index in [2.05, 4.69) is 5.10 Å². The smallest absolute Gasteiger partial charge is 0.246 e. The van der Waals surface area contributed by atoms with E-state index in [9.17, 15) is 8.42 Å². The second kappa shape index (κ2) is 6.46. The van der Waals surface area contributed by atoms with Gasteiger partial charge < -0.3 is 4.74 Å². The maximum absolute atomic E-state index is 13.2. The Bertz CT molecular complexity index is 903. The van der Waals surface area contributed by atoms with E-state index >= 15 is 0 Å². The number of aromatic nitrogens is 2. The molecule has 0 N–H and O–H groups in total. The van der Waals surface area contributed by atoms with Crippen LogP contribution in [0.15, 0.2) is 23.1 Å². The quantitative estimate of drug-likeness (QED) is 0.838. The molecule has 1 fully saturated rings. The predicted octanol–water partition coefficient (Wildman–Crippen LogP) is 2.76. The van der Waals surface area contributed by atoms with Crippen molar-refractivity contribution in [3.63, 3.8) is 0 Å². The van der Waals surface area contributed by atoms with Crippen molar-refractivity contribution < 1.29 is 13.2 Å². The van der Waals surface area contributed by atoms with E-state index in [0.29, 0.717) is 18.8 Å². The van der Waals surface area contributed by atoms with Crippen LogP contribution in [0.2, 0.25) is 0 Å². The highest BCUT2D eigenvalue weighted by molar-refractivity contribution is 7.89. The fourth-order valence-corrected chi connectivity index (χ4v) is 5.12.